The highest BCUT2D eigenvalue weighted by Crippen LogP contribution is 2.23. The molecule has 0 saturated carbocycles. The smallest absolute Gasteiger partial charge is 0.240 e. The number of rotatable bonds is 3. The van der Waals surface area contributed by atoms with Crippen LogP contribution in [0.4, 0.5) is 0 Å². The minimum atomic E-state index is -3.60. The van der Waals surface area contributed by atoms with Crippen molar-refractivity contribution in [1.29, 1.82) is 0 Å². The van der Waals surface area contributed by atoms with Crippen LogP contribution in [0.2, 0.25) is 10.0 Å². The lowest BCUT2D eigenvalue weighted by molar-refractivity contribution is 0.349. The third-order valence-electron chi connectivity index (χ3n) is 3.21. The summed E-state index contributed by atoms with van der Waals surface area (Å²) in [4.78, 5) is 0.0998. The van der Waals surface area contributed by atoms with Crippen LogP contribution in [0.15, 0.2) is 23.1 Å². The number of benzene rings is 1. The summed E-state index contributed by atoms with van der Waals surface area (Å²) in [5.41, 5.74) is 0. The largest absolute Gasteiger partial charge is 0.313 e. The molecule has 0 aromatic heterocycles. The van der Waals surface area contributed by atoms with Crippen LogP contribution in [0.1, 0.15) is 19.8 Å². The molecule has 0 radical (unpaired) electrons. The lowest BCUT2D eigenvalue weighted by Gasteiger charge is -2.30. The Balaban J connectivity index is 2.22. The fourth-order valence-electron chi connectivity index (χ4n) is 2.16. The molecule has 0 amide bonds. The van der Waals surface area contributed by atoms with Crippen molar-refractivity contribution in [3.63, 3.8) is 0 Å². The summed E-state index contributed by atoms with van der Waals surface area (Å²) in [5, 5.41) is 3.87. The fourth-order valence-corrected chi connectivity index (χ4v) is 4.23. The highest BCUT2D eigenvalue weighted by Gasteiger charge is 2.26. The van der Waals surface area contributed by atoms with Crippen LogP contribution < -0.4 is 10.0 Å². The van der Waals surface area contributed by atoms with Gasteiger partial charge in [0.05, 0.1) is 4.90 Å². The van der Waals surface area contributed by atoms with Gasteiger partial charge in [-0.15, -0.1) is 0 Å². The molecule has 1 aliphatic rings. The van der Waals surface area contributed by atoms with E-state index in [4.69, 9.17) is 23.2 Å². The molecule has 1 heterocycles. The van der Waals surface area contributed by atoms with Gasteiger partial charge in [-0.1, -0.05) is 23.2 Å². The van der Waals surface area contributed by atoms with Crippen molar-refractivity contribution >= 4 is 33.2 Å². The van der Waals surface area contributed by atoms with E-state index in [0.717, 1.165) is 19.4 Å². The van der Waals surface area contributed by atoms with Crippen LogP contribution in [0.25, 0.3) is 0 Å². The molecule has 2 rings (SSSR count). The maximum atomic E-state index is 12.3. The van der Waals surface area contributed by atoms with Gasteiger partial charge >= 0.3 is 0 Å². The fraction of sp³-hybridized carbons (Fsp3) is 0.500. The highest BCUT2D eigenvalue weighted by atomic mass is 35.5. The number of sulfonamides is 1. The van der Waals surface area contributed by atoms with E-state index in [0.29, 0.717) is 10.0 Å². The first kappa shape index (κ1) is 15.1. The SMILES string of the molecule is CC1NCCCC1NS(=O)(=O)c1cc(Cl)cc(Cl)c1. The molecule has 0 spiro atoms. The first-order chi connectivity index (χ1) is 8.88. The second-order valence-corrected chi connectivity index (χ2v) is 7.30. The molecular weight excluding hydrogens is 307 g/mol. The van der Waals surface area contributed by atoms with Crippen LogP contribution >= 0.6 is 23.2 Å². The van der Waals surface area contributed by atoms with Gasteiger partial charge in [-0.05, 0) is 44.5 Å². The van der Waals surface area contributed by atoms with E-state index in [1.807, 2.05) is 6.92 Å². The Morgan fingerprint density at radius 3 is 2.47 bits per heavy atom. The maximum absolute atomic E-state index is 12.3. The van der Waals surface area contributed by atoms with Crippen molar-refractivity contribution in [2.75, 3.05) is 6.54 Å². The number of hydrogen-bond acceptors (Lipinski definition) is 3. The normalized spacial score (nSPS) is 24.4. The van der Waals surface area contributed by atoms with E-state index in [1.165, 1.54) is 18.2 Å². The van der Waals surface area contributed by atoms with Gasteiger partial charge in [0.25, 0.3) is 0 Å². The van der Waals surface area contributed by atoms with Crippen LogP contribution in [0, 0.1) is 0 Å². The van der Waals surface area contributed by atoms with Crippen molar-refractivity contribution in [3.05, 3.63) is 28.2 Å². The summed E-state index contributed by atoms with van der Waals surface area (Å²) < 4.78 is 27.3. The Morgan fingerprint density at radius 1 is 1.26 bits per heavy atom. The number of hydrogen-bond donors (Lipinski definition) is 2. The van der Waals surface area contributed by atoms with Crippen molar-refractivity contribution in [2.45, 2.75) is 36.7 Å². The van der Waals surface area contributed by atoms with E-state index < -0.39 is 10.0 Å². The summed E-state index contributed by atoms with van der Waals surface area (Å²) >= 11 is 11.7. The molecule has 4 nitrogen and oxygen atoms in total. The standard InChI is InChI=1S/C12H16Cl2N2O2S/c1-8-12(3-2-4-15-8)16-19(17,18)11-6-9(13)5-10(14)7-11/h5-8,12,15-16H,2-4H2,1H3. The van der Waals surface area contributed by atoms with Crippen LogP contribution in [0.3, 0.4) is 0 Å². The zero-order valence-corrected chi connectivity index (χ0v) is 12.8. The first-order valence-corrected chi connectivity index (χ1v) is 8.34. The van der Waals surface area contributed by atoms with E-state index in [1.54, 1.807) is 0 Å². The zero-order chi connectivity index (χ0) is 14.0. The van der Waals surface area contributed by atoms with E-state index in [2.05, 4.69) is 10.0 Å². The minimum Gasteiger partial charge on any atom is -0.313 e. The molecule has 0 aliphatic carbocycles. The lowest BCUT2D eigenvalue weighted by atomic mass is 10.0. The van der Waals surface area contributed by atoms with Gasteiger partial charge in [0.1, 0.15) is 0 Å². The third kappa shape index (κ3) is 3.83. The van der Waals surface area contributed by atoms with Crippen molar-refractivity contribution < 1.29 is 8.42 Å². The molecule has 1 aromatic rings. The Labute approximate surface area is 123 Å². The molecule has 2 N–H and O–H groups in total. The average molecular weight is 323 g/mol. The Kier molecular flexibility index (Phi) is 4.74. The highest BCUT2D eigenvalue weighted by molar-refractivity contribution is 7.89. The summed E-state index contributed by atoms with van der Waals surface area (Å²) in [6.07, 6.45) is 1.77. The number of piperidine rings is 1. The second kappa shape index (κ2) is 5.97. The van der Waals surface area contributed by atoms with Crippen LogP contribution in [0.5, 0.6) is 0 Å². The van der Waals surface area contributed by atoms with Gasteiger partial charge in [-0.25, -0.2) is 13.1 Å². The van der Waals surface area contributed by atoms with Gasteiger partial charge in [-0.3, -0.25) is 0 Å². The summed E-state index contributed by atoms with van der Waals surface area (Å²) in [6, 6.07) is 4.30. The molecule has 2 unspecified atom stereocenters. The first-order valence-electron chi connectivity index (χ1n) is 6.10. The molecule has 19 heavy (non-hydrogen) atoms. The summed E-state index contributed by atoms with van der Waals surface area (Å²) in [5.74, 6) is 0. The van der Waals surface area contributed by atoms with Crippen molar-refractivity contribution in [1.82, 2.24) is 10.0 Å². The van der Waals surface area contributed by atoms with Gasteiger partial charge < -0.3 is 5.32 Å². The molecule has 7 heteroatoms. The predicted molar refractivity (Wildman–Crippen MR) is 77.3 cm³/mol. The van der Waals surface area contributed by atoms with E-state index >= 15 is 0 Å². The van der Waals surface area contributed by atoms with Gasteiger partial charge in [0, 0.05) is 22.1 Å². The molecule has 1 aliphatic heterocycles. The minimum absolute atomic E-state index is 0.0998. The van der Waals surface area contributed by atoms with Crippen molar-refractivity contribution in [3.8, 4) is 0 Å². The molecule has 1 saturated heterocycles. The average Bonchev–Trinajstić information content (AvgIpc) is 2.31. The van der Waals surface area contributed by atoms with Gasteiger partial charge in [0.2, 0.25) is 10.0 Å². The topological polar surface area (TPSA) is 58.2 Å². The molecule has 1 fully saturated rings. The van der Waals surface area contributed by atoms with Crippen LogP contribution in [-0.4, -0.2) is 27.0 Å². The monoisotopic (exact) mass is 322 g/mol. The Morgan fingerprint density at radius 2 is 1.89 bits per heavy atom. The van der Waals surface area contributed by atoms with Gasteiger partial charge in [0.15, 0.2) is 0 Å². The maximum Gasteiger partial charge on any atom is 0.240 e. The summed E-state index contributed by atoms with van der Waals surface area (Å²) in [6.45, 7) is 2.89. The Hall–Kier alpha value is -0.330. The van der Waals surface area contributed by atoms with E-state index in [9.17, 15) is 8.42 Å². The third-order valence-corrected chi connectivity index (χ3v) is 5.12. The van der Waals surface area contributed by atoms with Crippen molar-refractivity contribution in [2.24, 2.45) is 0 Å². The quantitative estimate of drug-likeness (QED) is 0.898. The molecule has 2 atom stereocenters. The molecule has 0 bridgehead atoms. The van der Waals surface area contributed by atoms with Crippen LogP contribution in [-0.2, 0) is 10.0 Å². The number of halogens is 2. The molecule has 106 valence electrons. The zero-order valence-electron chi connectivity index (χ0n) is 10.5. The number of nitrogens with one attached hydrogen (secondary N) is 2. The molecular formula is C12H16Cl2N2O2S. The second-order valence-electron chi connectivity index (χ2n) is 4.72. The Bertz CT molecular complexity index is 543. The predicted octanol–water partition coefficient (Wildman–Crippen LogP) is 2.41. The summed E-state index contributed by atoms with van der Waals surface area (Å²) in [7, 11) is -3.60. The lowest BCUT2D eigenvalue weighted by Crippen LogP contribution is -2.51. The molecule has 1 aromatic carbocycles. The van der Waals surface area contributed by atoms with Gasteiger partial charge in [-0.2, -0.15) is 0 Å². The van der Waals surface area contributed by atoms with E-state index in [-0.39, 0.29) is 17.0 Å².